The zero-order valence-electron chi connectivity index (χ0n) is 12.7. The maximum Gasteiger partial charge on any atom is 0.326 e. The quantitative estimate of drug-likeness (QED) is 0.677. The molecule has 0 bridgehead atoms. The van der Waals surface area contributed by atoms with Gasteiger partial charge < -0.3 is 21.1 Å². The zero-order chi connectivity index (χ0) is 16.0. The zero-order valence-corrected chi connectivity index (χ0v) is 12.7. The minimum atomic E-state index is -1.16. The average molecular weight is 299 g/mol. The fourth-order valence-corrected chi connectivity index (χ4v) is 2.71. The van der Waals surface area contributed by atoms with Gasteiger partial charge in [-0.25, -0.2) is 9.59 Å². The van der Waals surface area contributed by atoms with E-state index in [4.69, 9.17) is 10.8 Å². The van der Waals surface area contributed by atoms with Crippen LogP contribution in [-0.2, 0) is 9.59 Å². The van der Waals surface area contributed by atoms with Crippen molar-refractivity contribution in [3.63, 3.8) is 0 Å². The van der Waals surface area contributed by atoms with Gasteiger partial charge in [-0.1, -0.05) is 19.8 Å². The van der Waals surface area contributed by atoms with E-state index in [-0.39, 0.29) is 18.9 Å². The van der Waals surface area contributed by atoms with Crippen LogP contribution < -0.4 is 11.1 Å². The van der Waals surface area contributed by atoms with Crippen LogP contribution in [0, 0.1) is 5.92 Å². The minimum absolute atomic E-state index is 0.00527. The van der Waals surface area contributed by atoms with Gasteiger partial charge in [0.2, 0.25) is 5.91 Å². The Kier molecular flexibility index (Phi) is 6.45. The van der Waals surface area contributed by atoms with Crippen molar-refractivity contribution in [1.29, 1.82) is 0 Å². The molecule has 4 N–H and O–H groups in total. The van der Waals surface area contributed by atoms with Crippen LogP contribution >= 0.6 is 0 Å². The molecule has 1 aliphatic carbocycles. The molecule has 3 amide bonds. The Labute approximate surface area is 124 Å². The molecule has 0 aromatic heterocycles. The Morgan fingerprint density at radius 2 is 2.05 bits per heavy atom. The Hall–Kier alpha value is -1.79. The van der Waals surface area contributed by atoms with E-state index in [0.29, 0.717) is 5.92 Å². The van der Waals surface area contributed by atoms with E-state index in [1.165, 1.54) is 6.42 Å². The molecule has 1 saturated carbocycles. The van der Waals surface area contributed by atoms with Crippen molar-refractivity contribution >= 4 is 17.9 Å². The summed E-state index contributed by atoms with van der Waals surface area (Å²) in [5.74, 6) is -1.16. The van der Waals surface area contributed by atoms with Gasteiger partial charge in [-0.15, -0.1) is 0 Å². The smallest absolute Gasteiger partial charge is 0.326 e. The molecule has 0 radical (unpaired) electrons. The van der Waals surface area contributed by atoms with E-state index in [1.54, 1.807) is 11.9 Å². The number of primary amides is 1. The summed E-state index contributed by atoms with van der Waals surface area (Å²) in [6.07, 6.45) is 4.05. The first-order chi connectivity index (χ1) is 9.81. The number of amides is 3. The van der Waals surface area contributed by atoms with Gasteiger partial charge in [0.15, 0.2) is 0 Å². The molecule has 1 fully saturated rings. The Morgan fingerprint density at radius 3 is 2.57 bits per heavy atom. The number of nitrogens with zero attached hydrogens (tertiary/aromatic N) is 1. The monoisotopic (exact) mass is 299 g/mol. The molecule has 0 heterocycles. The number of aliphatic carboxylic acids is 1. The largest absolute Gasteiger partial charge is 0.480 e. The van der Waals surface area contributed by atoms with Gasteiger partial charge in [0, 0.05) is 19.5 Å². The lowest BCUT2D eigenvalue weighted by Crippen LogP contribution is -2.50. The summed E-state index contributed by atoms with van der Waals surface area (Å²) in [4.78, 5) is 35.6. The number of carbonyl (C=O) groups excluding carboxylic acids is 2. The first-order valence-electron chi connectivity index (χ1n) is 7.35. The van der Waals surface area contributed by atoms with Gasteiger partial charge in [0.05, 0.1) is 0 Å². The molecule has 0 aromatic rings. The summed E-state index contributed by atoms with van der Waals surface area (Å²) < 4.78 is 0. The molecule has 3 atom stereocenters. The number of rotatable bonds is 6. The lowest BCUT2D eigenvalue weighted by Gasteiger charge is -2.34. The molecule has 7 nitrogen and oxygen atoms in total. The lowest BCUT2D eigenvalue weighted by molar-refractivity contribution is -0.139. The van der Waals surface area contributed by atoms with Gasteiger partial charge in [0.1, 0.15) is 6.04 Å². The summed E-state index contributed by atoms with van der Waals surface area (Å²) in [6, 6.07) is -1.36. The number of nitrogens with two attached hydrogens (primary N) is 1. The topological polar surface area (TPSA) is 113 Å². The third kappa shape index (κ3) is 5.61. The summed E-state index contributed by atoms with van der Waals surface area (Å²) in [5, 5.41) is 11.5. The van der Waals surface area contributed by atoms with Crippen molar-refractivity contribution in [2.75, 3.05) is 7.05 Å². The average Bonchev–Trinajstić information content (AvgIpc) is 2.41. The second kappa shape index (κ2) is 7.85. The van der Waals surface area contributed by atoms with E-state index in [2.05, 4.69) is 12.2 Å². The van der Waals surface area contributed by atoms with E-state index in [1.807, 2.05) is 0 Å². The number of hydrogen-bond acceptors (Lipinski definition) is 3. The molecule has 0 saturated heterocycles. The van der Waals surface area contributed by atoms with Crippen molar-refractivity contribution in [1.82, 2.24) is 10.2 Å². The highest BCUT2D eigenvalue weighted by Crippen LogP contribution is 2.26. The van der Waals surface area contributed by atoms with Gasteiger partial charge in [-0.3, -0.25) is 4.79 Å². The van der Waals surface area contributed by atoms with Crippen LogP contribution in [0.25, 0.3) is 0 Å². The van der Waals surface area contributed by atoms with Gasteiger partial charge in [-0.05, 0) is 25.2 Å². The maximum atomic E-state index is 12.1. The third-order valence-corrected chi connectivity index (χ3v) is 4.05. The van der Waals surface area contributed by atoms with Crippen LogP contribution in [-0.4, -0.2) is 47.0 Å². The van der Waals surface area contributed by atoms with E-state index in [9.17, 15) is 14.4 Å². The van der Waals surface area contributed by atoms with Crippen LogP contribution in [0.2, 0.25) is 0 Å². The van der Waals surface area contributed by atoms with Crippen molar-refractivity contribution in [2.45, 2.75) is 57.5 Å². The van der Waals surface area contributed by atoms with Gasteiger partial charge >= 0.3 is 12.0 Å². The highest BCUT2D eigenvalue weighted by Gasteiger charge is 2.28. The second-order valence-electron chi connectivity index (χ2n) is 5.88. The van der Waals surface area contributed by atoms with Crippen molar-refractivity contribution in [3.8, 4) is 0 Å². The van der Waals surface area contributed by atoms with Gasteiger partial charge in [-0.2, -0.15) is 0 Å². The molecule has 120 valence electrons. The van der Waals surface area contributed by atoms with Crippen LogP contribution in [0.5, 0.6) is 0 Å². The minimum Gasteiger partial charge on any atom is -0.480 e. The van der Waals surface area contributed by atoms with Crippen molar-refractivity contribution in [3.05, 3.63) is 0 Å². The molecule has 7 heteroatoms. The SMILES string of the molecule is CC1CCCC(N(C)C(=O)N[C@@H](CCC(N)=O)C(=O)O)C1. The second-order valence-corrected chi connectivity index (χ2v) is 5.88. The number of urea groups is 1. The number of carbonyl (C=O) groups is 3. The summed E-state index contributed by atoms with van der Waals surface area (Å²) >= 11 is 0. The standard InChI is InChI=1S/C14H25N3O4/c1-9-4-3-5-10(8-9)17(2)14(21)16-11(13(19)20)6-7-12(15)18/h9-11H,3-8H2,1-2H3,(H2,15,18)(H,16,21)(H,19,20)/t9?,10?,11-/m0/s1. The molecule has 1 rings (SSSR count). The highest BCUT2D eigenvalue weighted by molar-refractivity contribution is 5.83. The fourth-order valence-electron chi connectivity index (χ4n) is 2.71. The predicted octanol–water partition coefficient (Wildman–Crippen LogP) is 0.925. The van der Waals surface area contributed by atoms with Crippen molar-refractivity contribution < 1.29 is 19.5 Å². The predicted molar refractivity (Wildman–Crippen MR) is 77.6 cm³/mol. The highest BCUT2D eigenvalue weighted by atomic mass is 16.4. The Bertz CT molecular complexity index is 400. The normalized spacial score (nSPS) is 23.1. The van der Waals surface area contributed by atoms with E-state index >= 15 is 0 Å². The fraction of sp³-hybridized carbons (Fsp3) is 0.786. The van der Waals surface area contributed by atoms with Crippen molar-refractivity contribution in [2.24, 2.45) is 11.7 Å². The molecule has 0 aromatic carbocycles. The molecule has 2 unspecified atom stereocenters. The van der Waals surface area contributed by atoms with Crippen LogP contribution in [0.4, 0.5) is 4.79 Å². The molecule has 21 heavy (non-hydrogen) atoms. The first kappa shape index (κ1) is 17.3. The molecule has 0 spiro atoms. The van der Waals surface area contributed by atoms with Crippen LogP contribution in [0.1, 0.15) is 45.4 Å². The van der Waals surface area contributed by atoms with Gasteiger partial charge in [0.25, 0.3) is 0 Å². The molecule has 1 aliphatic rings. The van der Waals surface area contributed by atoms with E-state index in [0.717, 1.165) is 19.3 Å². The number of carboxylic acid groups (broad SMARTS) is 1. The summed E-state index contributed by atoms with van der Waals surface area (Å²) in [7, 11) is 1.69. The number of nitrogens with one attached hydrogen (secondary N) is 1. The molecule has 0 aliphatic heterocycles. The molecular weight excluding hydrogens is 274 g/mol. The number of hydrogen-bond donors (Lipinski definition) is 3. The first-order valence-corrected chi connectivity index (χ1v) is 7.35. The molecular formula is C14H25N3O4. The summed E-state index contributed by atoms with van der Waals surface area (Å²) in [5.41, 5.74) is 5.01. The third-order valence-electron chi connectivity index (χ3n) is 4.05. The maximum absolute atomic E-state index is 12.1. The Morgan fingerprint density at radius 1 is 1.38 bits per heavy atom. The van der Waals surface area contributed by atoms with Crippen LogP contribution in [0.15, 0.2) is 0 Å². The van der Waals surface area contributed by atoms with E-state index < -0.39 is 23.9 Å². The van der Waals surface area contributed by atoms with Crippen LogP contribution in [0.3, 0.4) is 0 Å². The number of carboxylic acids is 1. The lowest BCUT2D eigenvalue weighted by atomic mass is 9.86. The Balaban J connectivity index is 2.55. The summed E-state index contributed by atoms with van der Waals surface area (Å²) in [6.45, 7) is 2.16.